The quantitative estimate of drug-likeness (QED) is 0.601. The maximum atomic E-state index is 11.8. The second-order valence-corrected chi connectivity index (χ2v) is 5.87. The lowest BCUT2D eigenvalue weighted by Gasteiger charge is -2.09. The van der Waals surface area contributed by atoms with Crippen LogP contribution >= 0.6 is 22.6 Å². The summed E-state index contributed by atoms with van der Waals surface area (Å²) in [6, 6.07) is 7.63. The van der Waals surface area contributed by atoms with Gasteiger partial charge in [-0.05, 0) is 80.3 Å². The third kappa shape index (κ3) is 6.35. The summed E-state index contributed by atoms with van der Waals surface area (Å²) in [7, 11) is 4.16. The fourth-order valence-electron chi connectivity index (χ4n) is 1.64. The number of nitrogens with one attached hydrogen (secondary N) is 1. The van der Waals surface area contributed by atoms with Crippen LogP contribution in [-0.4, -0.2) is 38.0 Å². The van der Waals surface area contributed by atoms with Gasteiger partial charge in [0.2, 0.25) is 0 Å². The third-order valence-electron chi connectivity index (χ3n) is 2.67. The summed E-state index contributed by atoms with van der Waals surface area (Å²) in [6.45, 7) is 1.88. The summed E-state index contributed by atoms with van der Waals surface area (Å²) in [4.78, 5) is 14.0. The Morgan fingerprint density at radius 1 is 1.17 bits per heavy atom. The molecular formula is C14H21IN2O. The van der Waals surface area contributed by atoms with E-state index in [0.29, 0.717) is 0 Å². The molecule has 1 N–H and O–H groups in total. The zero-order chi connectivity index (χ0) is 13.4. The second-order valence-electron chi connectivity index (χ2n) is 4.63. The smallest absolute Gasteiger partial charge is 0.251 e. The molecule has 4 heteroatoms. The first kappa shape index (κ1) is 15.4. The number of unbranched alkanes of at least 4 members (excludes halogenated alkanes) is 2. The highest BCUT2D eigenvalue weighted by Crippen LogP contribution is 2.06. The standard InChI is InChI=1S/C14H21IN2O/c1-17(2)11-5-3-4-10-16-14(18)12-6-8-13(15)9-7-12/h6-9H,3-5,10-11H2,1-2H3,(H,16,18)/i15-3. The van der Waals surface area contributed by atoms with E-state index in [9.17, 15) is 4.79 Å². The van der Waals surface area contributed by atoms with Crippen molar-refractivity contribution in [2.45, 2.75) is 19.3 Å². The molecule has 1 rings (SSSR count). The minimum absolute atomic E-state index is 0.0269. The Balaban J connectivity index is 2.16. The fraction of sp³-hybridized carbons (Fsp3) is 0.500. The van der Waals surface area contributed by atoms with Gasteiger partial charge in [-0.2, -0.15) is 0 Å². The van der Waals surface area contributed by atoms with Crippen molar-refractivity contribution in [2.75, 3.05) is 27.2 Å². The first-order chi connectivity index (χ1) is 8.59. The molecule has 0 unspecified atom stereocenters. The van der Waals surface area contributed by atoms with E-state index in [0.717, 1.165) is 35.1 Å². The summed E-state index contributed by atoms with van der Waals surface area (Å²) >= 11 is 2.23. The third-order valence-corrected chi connectivity index (χ3v) is 3.39. The van der Waals surface area contributed by atoms with Crippen LogP contribution in [-0.2, 0) is 0 Å². The van der Waals surface area contributed by atoms with Crippen LogP contribution in [0.2, 0.25) is 0 Å². The van der Waals surface area contributed by atoms with E-state index in [-0.39, 0.29) is 5.91 Å². The molecule has 100 valence electrons. The number of hydrogen-bond acceptors (Lipinski definition) is 2. The summed E-state index contributed by atoms with van der Waals surface area (Å²) in [6.07, 6.45) is 3.39. The molecule has 0 saturated heterocycles. The number of rotatable bonds is 7. The van der Waals surface area contributed by atoms with Gasteiger partial charge in [0.15, 0.2) is 0 Å². The molecule has 0 aromatic heterocycles. The number of benzene rings is 1. The molecule has 0 aliphatic heterocycles. The van der Waals surface area contributed by atoms with Crippen molar-refractivity contribution < 1.29 is 4.79 Å². The van der Waals surface area contributed by atoms with Crippen LogP contribution in [0, 0.1) is 3.57 Å². The summed E-state index contributed by atoms with van der Waals surface area (Å²) in [5, 5.41) is 2.95. The Morgan fingerprint density at radius 3 is 2.44 bits per heavy atom. The van der Waals surface area contributed by atoms with Crippen molar-refractivity contribution >= 4 is 28.5 Å². The predicted octanol–water partition coefficient (Wildman–Crippen LogP) is 2.75. The van der Waals surface area contributed by atoms with Crippen molar-refractivity contribution in [3.05, 3.63) is 33.4 Å². The Morgan fingerprint density at radius 2 is 1.83 bits per heavy atom. The number of amides is 1. The molecule has 0 radical (unpaired) electrons. The van der Waals surface area contributed by atoms with Crippen LogP contribution in [0.1, 0.15) is 29.6 Å². The number of hydrogen-bond donors (Lipinski definition) is 1. The van der Waals surface area contributed by atoms with Gasteiger partial charge in [0.25, 0.3) is 5.91 Å². The molecule has 1 aromatic carbocycles. The van der Waals surface area contributed by atoms with Gasteiger partial charge in [0.05, 0.1) is 0 Å². The maximum absolute atomic E-state index is 11.8. The fourth-order valence-corrected chi connectivity index (χ4v) is 1.99. The van der Waals surface area contributed by atoms with Crippen molar-refractivity contribution in [3.63, 3.8) is 0 Å². The molecule has 1 aromatic rings. The van der Waals surface area contributed by atoms with Gasteiger partial charge in [-0.3, -0.25) is 4.79 Å². The predicted molar refractivity (Wildman–Crippen MR) is 83.9 cm³/mol. The Labute approximate surface area is 123 Å². The molecular weight excluding hydrogens is 336 g/mol. The van der Waals surface area contributed by atoms with Crippen LogP contribution in [0.15, 0.2) is 24.3 Å². The van der Waals surface area contributed by atoms with E-state index in [1.54, 1.807) is 0 Å². The molecule has 0 aliphatic rings. The molecule has 1 amide bonds. The summed E-state index contributed by atoms with van der Waals surface area (Å²) < 4.78 is 1.15. The zero-order valence-corrected chi connectivity index (χ0v) is 13.2. The minimum Gasteiger partial charge on any atom is -0.352 e. The molecule has 3 nitrogen and oxygen atoms in total. The molecule has 0 aliphatic carbocycles. The highest BCUT2D eigenvalue weighted by molar-refractivity contribution is 14.1. The summed E-state index contributed by atoms with van der Waals surface area (Å²) in [5.41, 5.74) is 0.740. The number of halogens is 1. The van der Waals surface area contributed by atoms with Gasteiger partial charge in [0.1, 0.15) is 0 Å². The average molecular weight is 357 g/mol. The second kappa shape index (κ2) is 8.48. The van der Waals surface area contributed by atoms with Crippen molar-refractivity contribution in [2.24, 2.45) is 0 Å². The SMILES string of the molecule is CN(C)CCCCCNC(=O)c1ccc([124I])cc1. The number of nitrogens with zero attached hydrogens (tertiary/aromatic N) is 1. The molecule has 0 heterocycles. The van der Waals surface area contributed by atoms with Crippen LogP contribution in [0.3, 0.4) is 0 Å². The van der Waals surface area contributed by atoms with Crippen molar-refractivity contribution in [1.82, 2.24) is 10.2 Å². The first-order valence-electron chi connectivity index (χ1n) is 6.28. The first-order valence-corrected chi connectivity index (χ1v) is 7.36. The highest BCUT2D eigenvalue weighted by Gasteiger charge is 2.03. The Bertz CT molecular complexity index is 363. The molecule has 0 bridgehead atoms. The van der Waals surface area contributed by atoms with E-state index in [4.69, 9.17) is 0 Å². The maximum Gasteiger partial charge on any atom is 0.251 e. The normalized spacial score (nSPS) is 10.7. The molecule has 0 fully saturated rings. The molecule has 18 heavy (non-hydrogen) atoms. The average Bonchev–Trinajstić information content (AvgIpc) is 2.34. The lowest BCUT2D eigenvalue weighted by Crippen LogP contribution is -2.24. The topological polar surface area (TPSA) is 32.3 Å². The van der Waals surface area contributed by atoms with Crippen LogP contribution < -0.4 is 5.32 Å². The van der Waals surface area contributed by atoms with Crippen LogP contribution in [0.25, 0.3) is 0 Å². The zero-order valence-electron chi connectivity index (χ0n) is 11.1. The van der Waals surface area contributed by atoms with Gasteiger partial charge in [-0.25, -0.2) is 0 Å². The minimum atomic E-state index is 0.0269. The van der Waals surface area contributed by atoms with Crippen molar-refractivity contribution in [1.29, 1.82) is 0 Å². The van der Waals surface area contributed by atoms with Gasteiger partial charge >= 0.3 is 0 Å². The molecule has 0 spiro atoms. The van der Waals surface area contributed by atoms with E-state index in [1.165, 1.54) is 6.42 Å². The highest BCUT2D eigenvalue weighted by atomic mass is 124. The van der Waals surface area contributed by atoms with E-state index < -0.39 is 0 Å². The Hall–Kier alpha value is -0.620. The van der Waals surface area contributed by atoms with E-state index in [1.807, 2.05) is 24.3 Å². The van der Waals surface area contributed by atoms with Gasteiger partial charge in [0, 0.05) is 15.7 Å². The lowest BCUT2D eigenvalue weighted by atomic mass is 10.2. The van der Waals surface area contributed by atoms with E-state index in [2.05, 4.69) is 46.9 Å². The molecule has 0 atom stereocenters. The lowest BCUT2D eigenvalue weighted by molar-refractivity contribution is 0.0953. The largest absolute Gasteiger partial charge is 0.352 e. The number of carbonyl (C=O) groups excluding carboxylic acids is 1. The van der Waals surface area contributed by atoms with E-state index >= 15 is 0 Å². The van der Waals surface area contributed by atoms with Crippen LogP contribution in [0.4, 0.5) is 0 Å². The number of carbonyl (C=O) groups is 1. The van der Waals surface area contributed by atoms with Crippen LogP contribution in [0.5, 0.6) is 0 Å². The summed E-state index contributed by atoms with van der Waals surface area (Å²) in [5.74, 6) is 0.0269. The van der Waals surface area contributed by atoms with Gasteiger partial charge < -0.3 is 10.2 Å². The van der Waals surface area contributed by atoms with Gasteiger partial charge in [-0.1, -0.05) is 6.42 Å². The monoisotopic (exact) mass is 357 g/mol. The van der Waals surface area contributed by atoms with Crippen molar-refractivity contribution in [3.8, 4) is 0 Å². The van der Waals surface area contributed by atoms with Gasteiger partial charge in [-0.15, -0.1) is 0 Å². The molecule has 0 saturated carbocycles. The Kier molecular flexibility index (Phi) is 7.27.